The molecule has 0 atom stereocenters. The maximum absolute atomic E-state index is 2.50. The van der Waals surface area contributed by atoms with Gasteiger partial charge in [-0.25, -0.2) is 0 Å². The first-order valence-electron chi connectivity index (χ1n) is 15.2. The van der Waals surface area contributed by atoms with E-state index in [1.54, 1.807) is 0 Å². The van der Waals surface area contributed by atoms with Crippen molar-refractivity contribution in [2.24, 2.45) is 0 Å². The molecule has 0 amide bonds. The minimum Gasteiger partial charge on any atom is -0.0619 e. The lowest BCUT2D eigenvalue weighted by Crippen LogP contribution is -2.26. The second kappa shape index (κ2) is 9.15. The average molecular weight is 547 g/mol. The van der Waals surface area contributed by atoms with Crippen molar-refractivity contribution in [3.8, 4) is 33.4 Å². The van der Waals surface area contributed by atoms with E-state index in [-0.39, 0.29) is 5.41 Å². The van der Waals surface area contributed by atoms with E-state index in [0.717, 1.165) is 6.42 Å². The van der Waals surface area contributed by atoms with Crippen molar-refractivity contribution in [2.45, 2.75) is 18.8 Å². The molecule has 0 heteroatoms. The van der Waals surface area contributed by atoms with Crippen LogP contribution in [0.1, 0.15) is 38.9 Å². The van der Waals surface area contributed by atoms with E-state index in [2.05, 4.69) is 159 Å². The second-order valence-corrected chi connectivity index (χ2v) is 12.2. The van der Waals surface area contributed by atoms with Gasteiger partial charge in [-0.15, -0.1) is 0 Å². The molecule has 0 nitrogen and oxygen atoms in total. The number of hydrogen-bond donors (Lipinski definition) is 0. The van der Waals surface area contributed by atoms with Crippen LogP contribution in [0.25, 0.3) is 44.2 Å². The van der Waals surface area contributed by atoms with Crippen LogP contribution in [0, 0.1) is 6.92 Å². The van der Waals surface area contributed by atoms with Crippen LogP contribution in [0.4, 0.5) is 0 Å². The lowest BCUT2D eigenvalue weighted by atomic mass is 9.70. The zero-order valence-corrected chi connectivity index (χ0v) is 24.1. The summed E-state index contributed by atoms with van der Waals surface area (Å²) in [5, 5.41) is 2.58. The third-order valence-electron chi connectivity index (χ3n) is 9.77. The Morgan fingerprint density at radius 3 is 1.74 bits per heavy atom. The molecule has 2 aliphatic carbocycles. The van der Waals surface area contributed by atoms with Crippen LogP contribution in [-0.4, -0.2) is 0 Å². The molecular weight excluding hydrogens is 516 g/mol. The molecular formula is C43H30. The predicted octanol–water partition coefficient (Wildman–Crippen LogP) is 10.7. The number of aryl methyl sites for hydroxylation is 1. The SMILES string of the molecule is Cc1ccc2c(c1)C1(c3ccccc3-c3ccccc31)c1cc(Cc3ccc(-c4cccc5ccccc45)cc3)ccc1-2. The first kappa shape index (κ1) is 24.4. The molecule has 0 N–H and O–H groups in total. The molecule has 9 rings (SSSR count). The lowest BCUT2D eigenvalue weighted by molar-refractivity contribution is 0.791. The maximum Gasteiger partial charge on any atom is 0.0725 e. The summed E-state index contributed by atoms with van der Waals surface area (Å²) in [4.78, 5) is 0. The summed E-state index contributed by atoms with van der Waals surface area (Å²) >= 11 is 0. The molecule has 0 saturated carbocycles. The van der Waals surface area contributed by atoms with Crippen molar-refractivity contribution < 1.29 is 0 Å². The van der Waals surface area contributed by atoms with Gasteiger partial charge in [0.15, 0.2) is 0 Å². The molecule has 0 saturated heterocycles. The van der Waals surface area contributed by atoms with E-state index in [4.69, 9.17) is 0 Å². The monoisotopic (exact) mass is 546 g/mol. The standard InChI is InChI=1S/C43H30/c1-28-17-23-37-38-24-20-30(26-29-18-21-32(22-19-29)34-14-8-10-31-9-2-3-11-33(31)34)27-42(38)43(41(37)25-28)39-15-6-4-12-35(39)36-13-5-7-16-40(36)43/h2-25,27H,26H2,1H3. The molecule has 0 bridgehead atoms. The van der Waals surface area contributed by atoms with Gasteiger partial charge < -0.3 is 0 Å². The van der Waals surface area contributed by atoms with E-state index in [9.17, 15) is 0 Å². The van der Waals surface area contributed by atoms with Crippen LogP contribution in [0.5, 0.6) is 0 Å². The van der Waals surface area contributed by atoms with Crippen LogP contribution in [0.3, 0.4) is 0 Å². The van der Waals surface area contributed by atoms with Crippen molar-refractivity contribution in [1.29, 1.82) is 0 Å². The number of benzene rings is 7. The van der Waals surface area contributed by atoms with Crippen molar-refractivity contribution in [3.05, 3.63) is 191 Å². The highest BCUT2D eigenvalue weighted by Crippen LogP contribution is 2.62. The van der Waals surface area contributed by atoms with E-state index in [1.807, 2.05) is 0 Å². The minimum absolute atomic E-state index is 0.294. The molecule has 2 aliphatic rings. The van der Waals surface area contributed by atoms with Crippen molar-refractivity contribution in [3.63, 3.8) is 0 Å². The fourth-order valence-corrected chi connectivity index (χ4v) is 7.93. The quantitative estimate of drug-likeness (QED) is 0.207. The Kier molecular flexibility index (Phi) is 5.19. The van der Waals surface area contributed by atoms with E-state index >= 15 is 0 Å². The predicted molar refractivity (Wildman–Crippen MR) is 180 cm³/mol. The molecule has 0 fully saturated rings. The molecule has 0 heterocycles. The van der Waals surface area contributed by atoms with Crippen molar-refractivity contribution >= 4 is 10.8 Å². The van der Waals surface area contributed by atoms with Gasteiger partial charge in [0.05, 0.1) is 5.41 Å². The highest BCUT2D eigenvalue weighted by atomic mass is 14.5. The summed E-state index contributed by atoms with van der Waals surface area (Å²) in [6.07, 6.45) is 0.901. The van der Waals surface area contributed by atoms with E-state index in [1.165, 1.54) is 83.1 Å². The van der Waals surface area contributed by atoms with Gasteiger partial charge in [0.25, 0.3) is 0 Å². The zero-order chi connectivity index (χ0) is 28.5. The molecule has 1 spiro atoms. The largest absolute Gasteiger partial charge is 0.0725 e. The summed E-state index contributed by atoms with van der Waals surface area (Å²) in [6.45, 7) is 2.22. The Hall–Kier alpha value is -5.20. The molecule has 43 heavy (non-hydrogen) atoms. The van der Waals surface area contributed by atoms with Gasteiger partial charge in [0.1, 0.15) is 0 Å². The van der Waals surface area contributed by atoms with Gasteiger partial charge in [-0.05, 0) is 90.9 Å². The van der Waals surface area contributed by atoms with Gasteiger partial charge in [0, 0.05) is 0 Å². The Labute approximate surface area is 252 Å². The molecule has 0 aromatic heterocycles. The molecule has 0 aliphatic heterocycles. The second-order valence-electron chi connectivity index (χ2n) is 12.2. The summed E-state index contributed by atoms with van der Waals surface area (Å²) < 4.78 is 0. The third kappa shape index (κ3) is 3.44. The van der Waals surface area contributed by atoms with E-state index < -0.39 is 0 Å². The fourth-order valence-electron chi connectivity index (χ4n) is 7.93. The smallest absolute Gasteiger partial charge is 0.0619 e. The number of rotatable bonds is 3. The average Bonchev–Trinajstić information content (AvgIpc) is 3.51. The van der Waals surface area contributed by atoms with Gasteiger partial charge in [-0.2, -0.15) is 0 Å². The van der Waals surface area contributed by atoms with Crippen LogP contribution < -0.4 is 0 Å². The van der Waals surface area contributed by atoms with Crippen LogP contribution >= 0.6 is 0 Å². The number of fused-ring (bicyclic) bond motifs is 11. The Bertz CT molecular complexity index is 2160. The fraction of sp³-hybridized carbons (Fsp3) is 0.0698. The van der Waals surface area contributed by atoms with E-state index in [0.29, 0.717) is 0 Å². The minimum atomic E-state index is -0.294. The van der Waals surface area contributed by atoms with Crippen LogP contribution in [0.15, 0.2) is 152 Å². The molecule has 7 aromatic carbocycles. The normalized spacial score (nSPS) is 13.5. The Balaban J connectivity index is 1.17. The summed E-state index contributed by atoms with van der Waals surface area (Å²) in [6, 6.07) is 56.8. The van der Waals surface area contributed by atoms with Gasteiger partial charge in [-0.3, -0.25) is 0 Å². The number of hydrogen-bond acceptors (Lipinski definition) is 0. The third-order valence-corrected chi connectivity index (χ3v) is 9.77. The summed E-state index contributed by atoms with van der Waals surface area (Å²) in [5.74, 6) is 0. The zero-order valence-electron chi connectivity index (χ0n) is 24.1. The topological polar surface area (TPSA) is 0 Å². The van der Waals surface area contributed by atoms with Gasteiger partial charge in [0.2, 0.25) is 0 Å². The van der Waals surface area contributed by atoms with Crippen molar-refractivity contribution in [2.75, 3.05) is 0 Å². The molecule has 0 unspecified atom stereocenters. The van der Waals surface area contributed by atoms with Gasteiger partial charge in [-0.1, -0.05) is 157 Å². The maximum atomic E-state index is 2.50. The van der Waals surface area contributed by atoms with Crippen molar-refractivity contribution in [1.82, 2.24) is 0 Å². The Morgan fingerprint density at radius 2 is 0.977 bits per heavy atom. The summed E-state index contributed by atoms with van der Waals surface area (Å²) in [7, 11) is 0. The summed E-state index contributed by atoms with van der Waals surface area (Å²) in [5.41, 5.74) is 17.3. The first-order valence-corrected chi connectivity index (χ1v) is 15.2. The highest BCUT2D eigenvalue weighted by Gasteiger charge is 2.51. The molecule has 0 radical (unpaired) electrons. The lowest BCUT2D eigenvalue weighted by Gasteiger charge is -2.31. The van der Waals surface area contributed by atoms with Crippen LogP contribution in [0.2, 0.25) is 0 Å². The van der Waals surface area contributed by atoms with Gasteiger partial charge >= 0.3 is 0 Å². The van der Waals surface area contributed by atoms with Crippen LogP contribution in [-0.2, 0) is 11.8 Å². The first-order chi connectivity index (χ1) is 21.2. The Morgan fingerprint density at radius 1 is 0.419 bits per heavy atom. The molecule has 7 aromatic rings. The highest BCUT2D eigenvalue weighted by molar-refractivity contribution is 5.97. The molecule has 202 valence electrons.